The van der Waals surface area contributed by atoms with Crippen LogP contribution in [-0.2, 0) is 4.79 Å². The van der Waals surface area contributed by atoms with Gasteiger partial charge in [-0.25, -0.2) is 0 Å². The van der Waals surface area contributed by atoms with E-state index in [1.807, 2.05) is 48.2 Å². The van der Waals surface area contributed by atoms with Crippen molar-refractivity contribution in [1.29, 1.82) is 0 Å². The van der Waals surface area contributed by atoms with Crippen LogP contribution < -0.4 is 4.90 Å². The largest absolute Gasteiger partial charge is 0.462 e. The third-order valence-electron chi connectivity index (χ3n) is 3.93. The lowest BCUT2D eigenvalue weighted by molar-refractivity contribution is -0.126. The summed E-state index contributed by atoms with van der Waals surface area (Å²) in [7, 11) is 0. The number of halogens is 1. The highest BCUT2D eigenvalue weighted by Gasteiger charge is 2.19. The van der Waals surface area contributed by atoms with E-state index in [4.69, 9.17) is 16.0 Å². The average Bonchev–Trinajstić information content (AvgIpc) is 2.99. The summed E-state index contributed by atoms with van der Waals surface area (Å²) in [6.45, 7) is 4.95. The van der Waals surface area contributed by atoms with E-state index in [-0.39, 0.29) is 5.91 Å². The van der Waals surface area contributed by atoms with E-state index in [1.165, 1.54) is 0 Å². The lowest BCUT2D eigenvalue weighted by Gasteiger charge is -2.35. The van der Waals surface area contributed by atoms with E-state index in [1.54, 1.807) is 12.2 Å². The van der Waals surface area contributed by atoms with Crippen molar-refractivity contribution in [2.75, 3.05) is 31.1 Å². The van der Waals surface area contributed by atoms with Crippen LogP contribution in [0.25, 0.3) is 6.08 Å². The monoisotopic (exact) mass is 330 g/mol. The average molecular weight is 331 g/mol. The quantitative estimate of drug-likeness (QED) is 0.807. The highest BCUT2D eigenvalue weighted by atomic mass is 35.5. The van der Waals surface area contributed by atoms with Crippen molar-refractivity contribution in [2.45, 2.75) is 6.92 Å². The van der Waals surface area contributed by atoms with Crippen molar-refractivity contribution in [3.05, 3.63) is 59.0 Å². The summed E-state index contributed by atoms with van der Waals surface area (Å²) < 4.78 is 5.43. The second-order valence-electron chi connectivity index (χ2n) is 5.57. The summed E-state index contributed by atoms with van der Waals surface area (Å²) in [6.07, 6.45) is 3.30. The smallest absolute Gasteiger partial charge is 0.246 e. The van der Waals surface area contributed by atoms with Crippen LogP contribution in [0.3, 0.4) is 0 Å². The van der Waals surface area contributed by atoms with Crippen molar-refractivity contribution in [1.82, 2.24) is 4.90 Å². The predicted molar refractivity (Wildman–Crippen MR) is 92.7 cm³/mol. The molecule has 0 saturated carbocycles. The van der Waals surface area contributed by atoms with Gasteiger partial charge in [-0.3, -0.25) is 4.79 Å². The number of rotatable bonds is 3. The molecule has 0 N–H and O–H groups in total. The number of piperazine rings is 1. The van der Waals surface area contributed by atoms with Gasteiger partial charge < -0.3 is 14.2 Å². The third-order valence-corrected chi connectivity index (χ3v) is 4.19. The van der Waals surface area contributed by atoms with Crippen LogP contribution in [0.15, 0.2) is 46.9 Å². The molecule has 1 aromatic heterocycles. The zero-order valence-electron chi connectivity index (χ0n) is 13.0. The van der Waals surface area contributed by atoms with Gasteiger partial charge in [0.1, 0.15) is 11.5 Å². The Labute approximate surface area is 140 Å². The molecule has 3 rings (SSSR count). The Hall–Kier alpha value is -2.20. The minimum Gasteiger partial charge on any atom is -0.462 e. The number of carbonyl (C=O) groups is 1. The van der Waals surface area contributed by atoms with Gasteiger partial charge >= 0.3 is 0 Å². The van der Waals surface area contributed by atoms with Gasteiger partial charge in [-0.15, -0.1) is 0 Å². The first-order chi connectivity index (χ1) is 11.1. The fraction of sp³-hybridized carbons (Fsp3) is 0.278. The molecule has 1 saturated heterocycles. The minimum absolute atomic E-state index is 0.0230. The predicted octanol–water partition coefficient (Wildman–Crippen LogP) is 3.60. The molecule has 120 valence electrons. The van der Waals surface area contributed by atoms with Gasteiger partial charge in [0.15, 0.2) is 0 Å². The summed E-state index contributed by atoms with van der Waals surface area (Å²) >= 11 is 5.92. The van der Waals surface area contributed by atoms with Crippen LogP contribution in [0.5, 0.6) is 0 Å². The summed E-state index contributed by atoms with van der Waals surface area (Å²) in [5, 5.41) is 0.737. The van der Waals surface area contributed by atoms with Crippen molar-refractivity contribution in [3.63, 3.8) is 0 Å². The molecule has 2 aromatic rings. The number of aryl methyl sites for hydroxylation is 1. The van der Waals surface area contributed by atoms with Crippen molar-refractivity contribution in [2.24, 2.45) is 0 Å². The molecular formula is C18H19ClN2O2. The molecule has 0 bridgehead atoms. The molecule has 1 aliphatic rings. The Morgan fingerprint density at radius 2 is 1.78 bits per heavy atom. The van der Waals surface area contributed by atoms with Crippen LogP contribution in [0.4, 0.5) is 5.69 Å². The van der Waals surface area contributed by atoms with Gasteiger partial charge in [-0.2, -0.15) is 0 Å². The Kier molecular flexibility index (Phi) is 4.72. The van der Waals surface area contributed by atoms with Crippen molar-refractivity contribution in [3.8, 4) is 0 Å². The molecule has 1 aromatic carbocycles. The van der Waals surface area contributed by atoms with Crippen LogP contribution in [0.1, 0.15) is 11.5 Å². The molecule has 5 heteroatoms. The maximum atomic E-state index is 12.2. The number of furan rings is 1. The van der Waals surface area contributed by atoms with Gasteiger partial charge in [-0.05, 0) is 49.4 Å². The standard InChI is InChI=1S/C18H19ClN2O2/c1-14-2-7-17(23-14)8-9-18(22)21-12-10-20(11-13-21)16-5-3-15(19)4-6-16/h2-9H,10-13H2,1H3/b9-8+. The fourth-order valence-electron chi connectivity index (χ4n) is 2.64. The normalized spacial score (nSPS) is 15.4. The first-order valence-corrected chi connectivity index (χ1v) is 8.03. The molecule has 0 aliphatic carbocycles. The fourth-order valence-corrected chi connectivity index (χ4v) is 2.76. The van der Waals surface area contributed by atoms with E-state index in [0.29, 0.717) is 18.8 Å². The number of amides is 1. The Morgan fingerprint density at radius 3 is 2.39 bits per heavy atom. The number of hydrogen-bond donors (Lipinski definition) is 0. The summed E-state index contributed by atoms with van der Waals surface area (Å²) in [6, 6.07) is 11.6. The molecule has 0 spiro atoms. The molecule has 0 atom stereocenters. The number of benzene rings is 1. The highest BCUT2D eigenvalue weighted by Crippen LogP contribution is 2.19. The maximum Gasteiger partial charge on any atom is 0.246 e. The number of hydrogen-bond acceptors (Lipinski definition) is 3. The van der Waals surface area contributed by atoms with Gasteiger partial charge in [0.2, 0.25) is 5.91 Å². The number of anilines is 1. The van der Waals surface area contributed by atoms with Crippen LogP contribution >= 0.6 is 11.6 Å². The zero-order valence-corrected chi connectivity index (χ0v) is 13.8. The molecule has 0 radical (unpaired) electrons. The molecule has 2 heterocycles. The van der Waals surface area contributed by atoms with Crippen molar-refractivity contribution < 1.29 is 9.21 Å². The van der Waals surface area contributed by atoms with Gasteiger partial charge in [0.25, 0.3) is 0 Å². The molecule has 1 aliphatic heterocycles. The highest BCUT2D eigenvalue weighted by molar-refractivity contribution is 6.30. The van der Waals surface area contributed by atoms with E-state index < -0.39 is 0 Å². The van der Waals surface area contributed by atoms with E-state index in [2.05, 4.69) is 4.90 Å². The van der Waals surface area contributed by atoms with Crippen LogP contribution in [0, 0.1) is 6.92 Å². The lowest BCUT2D eigenvalue weighted by Crippen LogP contribution is -2.48. The maximum absolute atomic E-state index is 12.2. The molecule has 0 unspecified atom stereocenters. The Bertz CT molecular complexity index is 698. The molecule has 4 nitrogen and oxygen atoms in total. The second kappa shape index (κ2) is 6.92. The molecule has 23 heavy (non-hydrogen) atoms. The number of carbonyl (C=O) groups excluding carboxylic acids is 1. The first kappa shape index (κ1) is 15.7. The second-order valence-corrected chi connectivity index (χ2v) is 6.01. The van der Waals surface area contributed by atoms with E-state index >= 15 is 0 Å². The summed E-state index contributed by atoms with van der Waals surface area (Å²) in [5.41, 5.74) is 1.14. The zero-order chi connectivity index (χ0) is 16.2. The third kappa shape index (κ3) is 3.96. The van der Waals surface area contributed by atoms with Crippen LogP contribution in [-0.4, -0.2) is 37.0 Å². The lowest BCUT2D eigenvalue weighted by atomic mass is 10.2. The van der Waals surface area contributed by atoms with Crippen LogP contribution in [0.2, 0.25) is 5.02 Å². The number of nitrogens with zero attached hydrogens (tertiary/aromatic N) is 2. The summed E-state index contributed by atoms with van der Waals surface area (Å²) in [5.74, 6) is 1.57. The van der Waals surface area contributed by atoms with Crippen molar-refractivity contribution >= 4 is 29.3 Å². The Balaban J connectivity index is 1.55. The first-order valence-electron chi connectivity index (χ1n) is 7.66. The molecular weight excluding hydrogens is 312 g/mol. The Morgan fingerprint density at radius 1 is 1.09 bits per heavy atom. The SMILES string of the molecule is Cc1ccc(/C=C/C(=O)N2CCN(c3ccc(Cl)cc3)CC2)o1. The molecule has 1 fully saturated rings. The summed E-state index contributed by atoms with van der Waals surface area (Å²) in [4.78, 5) is 16.4. The topological polar surface area (TPSA) is 36.7 Å². The van der Waals surface area contributed by atoms with Gasteiger partial charge in [0, 0.05) is 43.0 Å². The van der Waals surface area contributed by atoms with E-state index in [0.717, 1.165) is 29.6 Å². The minimum atomic E-state index is 0.0230. The molecule has 1 amide bonds. The van der Waals surface area contributed by atoms with Gasteiger partial charge in [0.05, 0.1) is 0 Å². The van der Waals surface area contributed by atoms with E-state index in [9.17, 15) is 4.79 Å². The van der Waals surface area contributed by atoms with Gasteiger partial charge in [-0.1, -0.05) is 11.6 Å².